The summed E-state index contributed by atoms with van der Waals surface area (Å²) in [6, 6.07) is 7.94. The minimum atomic E-state index is 0.174. The predicted octanol–water partition coefficient (Wildman–Crippen LogP) is 2.53. The molecule has 0 aliphatic carbocycles. The van der Waals surface area contributed by atoms with Crippen LogP contribution in [0.15, 0.2) is 55.4 Å². The summed E-state index contributed by atoms with van der Waals surface area (Å²) in [6.07, 6.45) is 9.03. The Labute approximate surface area is 117 Å². The molecule has 20 heavy (non-hydrogen) atoms. The van der Waals surface area contributed by atoms with E-state index in [2.05, 4.69) is 26.4 Å². The van der Waals surface area contributed by atoms with Gasteiger partial charge < -0.3 is 10.3 Å². The van der Waals surface area contributed by atoms with E-state index in [1.165, 1.54) is 5.56 Å². The summed E-state index contributed by atoms with van der Waals surface area (Å²) in [4.78, 5) is 12.4. The van der Waals surface area contributed by atoms with E-state index in [0.29, 0.717) is 5.82 Å². The quantitative estimate of drug-likeness (QED) is 0.790. The van der Waals surface area contributed by atoms with Gasteiger partial charge in [-0.05, 0) is 36.8 Å². The Kier molecular flexibility index (Phi) is 3.16. The lowest BCUT2D eigenvalue weighted by Gasteiger charge is -2.16. The molecule has 3 aromatic rings. The zero-order valence-corrected chi connectivity index (χ0v) is 11.1. The summed E-state index contributed by atoms with van der Waals surface area (Å²) >= 11 is 0. The van der Waals surface area contributed by atoms with Crippen LogP contribution < -0.4 is 5.73 Å². The van der Waals surface area contributed by atoms with Crippen LogP contribution in [-0.4, -0.2) is 19.5 Å². The molecule has 100 valence electrons. The fourth-order valence-corrected chi connectivity index (χ4v) is 2.20. The number of hydrogen-bond donors (Lipinski definition) is 1. The molecule has 3 heterocycles. The third kappa shape index (κ3) is 2.25. The Hall–Kier alpha value is -2.69. The van der Waals surface area contributed by atoms with Crippen LogP contribution in [0.25, 0.3) is 11.3 Å². The van der Waals surface area contributed by atoms with Crippen molar-refractivity contribution in [3.8, 4) is 11.3 Å². The Morgan fingerprint density at radius 2 is 1.85 bits per heavy atom. The zero-order chi connectivity index (χ0) is 13.9. The van der Waals surface area contributed by atoms with Crippen molar-refractivity contribution in [2.75, 3.05) is 5.73 Å². The van der Waals surface area contributed by atoms with Gasteiger partial charge in [-0.3, -0.25) is 4.98 Å². The van der Waals surface area contributed by atoms with E-state index in [1.807, 2.05) is 30.7 Å². The summed E-state index contributed by atoms with van der Waals surface area (Å²) < 4.78 is 2.11. The van der Waals surface area contributed by atoms with Gasteiger partial charge in [0.05, 0.1) is 24.3 Å². The fraction of sp³-hybridized carbons (Fsp3) is 0.133. The van der Waals surface area contributed by atoms with Crippen LogP contribution in [0.4, 0.5) is 5.82 Å². The number of nitrogens with two attached hydrogens (primary N) is 1. The largest absolute Gasteiger partial charge is 0.384 e. The van der Waals surface area contributed by atoms with E-state index in [0.717, 1.165) is 11.3 Å². The molecule has 3 aromatic heterocycles. The summed E-state index contributed by atoms with van der Waals surface area (Å²) in [5, 5.41) is 0. The van der Waals surface area contributed by atoms with Crippen LogP contribution in [0, 0.1) is 0 Å². The maximum Gasteiger partial charge on any atom is 0.123 e. The molecule has 2 N–H and O–H groups in total. The normalized spacial score (nSPS) is 12.2. The number of aromatic nitrogens is 4. The van der Waals surface area contributed by atoms with E-state index in [1.54, 1.807) is 24.7 Å². The average molecular weight is 265 g/mol. The van der Waals surface area contributed by atoms with Crippen molar-refractivity contribution in [1.82, 2.24) is 19.5 Å². The molecule has 0 bridgehead atoms. The van der Waals surface area contributed by atoms with Gasteiger partial charge in [0.1, 0.15) is 5.82 Å². The van der Waals surface area contributed by atoms with Gasteiger partial charge in [0, 0.05) is 24.2 Å². The highest BCUT2D eigenvalue weighted by Crippen LogP contribution is 2.25. The third-order valence-corrected chi connectivity index (χ3v) is 3.35. The molecule has 0 aliphatic heterocycles. The molecule has 5 nitrogen and oxygen atoms in total. The molecule has 0 amide bonds. The molecular weight excluding hydrogens is 250 g/mol. The van der Waals surface area contributed by atoms with Gasteiger partial charge in [-0.25, -0.2) is 9.97 Å². The number of imidazole rings is 1. The molecule has 1 atom stereocenters. The van der Waals surface area contributed by atoms with Gasteiger partial charge in [-0.15, -0.1) is 0 Å². The van der Waals surface area contributed by atoms with Gasteiger partial charge >= 0.3 is 0 Å². The third-order valence-electron chi connectivity index (χ3n) is 3.35. The summed E-state index contributed by atoms with van der Waals surface area (Å²) in [7, 11) is 0. The highest BCUT2D eigenvalue weighted by atomic mass is 15.1. The maximum absolute atomic E-state index is 5.63. The molecule has 0 spiro atoms. The fourth-order valence-electron chi connectivity index (χ4n) is 2.20. The van der Waals surface area contributed by atoms with E-state index in [9.17, 15) is 0 Å². The van der Waals surface area contributed by atoms with E-state index in [4.69, 9.17) is 5.73 Å². The lowest BCUT2D eigenvalue weighted by atomic mass is 10.1. The van der Waals surface area contributed by atoms with E-state index in [-0.39, 0.29) is 6.04 Å². The van der Waals surface area contributed by atoms with Crippen molar-refractivity contribution in [1.29, 1.82) is 0 Å². The van der Waals surface area contributed by atoms with Crippen molar-refractivity contribution >= 4 is 5.82 Å². The van der Waals surface area contributed by atoms with E-state index < -0.39 is 0 Å². The number of rotatable bonds is 3. The molecule has 0 aromatic carbocycles. The lowest BCUT2D eigenvalue weighted by molar-refractivity contribution is 0.643. The Bertz CT molecular complexity index is 688. The molecule has 0 saturated heterocycles. The molecular formula is C15H15N5. The second-order valence-corrected chi connectivity index (χ2v) is 4.61. The highest BCUT2D eigenvalue weighted by molar-refractivity contribution is 5.59. The minimum Gasteiger partial charge on any atom is -0.384 e. The molecule has 0 saturated carbocycles. The number of hydrogen-bond acceptors (Lipinski definition) is 4. The van der Waals surface area contributed by atoms with Gasteiger partial charge in [-0.1, -0.05) is 0 Å². The van der Waals surface area contributed by atoms with Crippen molar-refractivity contribution < 1.29 is 0 Å². The van der Waals surface area contributed by atoms with Crippen LogP contribution in [0.2, 0.25) is 0 Å². The SMILES string of the molecule is CC(c1ccncc1)n1cncc1-c1ccc(N)nc1. The highest BCUT2D eigenvalue weighted by Gasteiger charge is 2.13. The summed E-state index contributed by atoms with van der Waals surface area (Å²) in [5.41, 5.74) is 8.82. The summed E-state index contributed by atoms with van der Waals surface area (Å²) in [6.45, 7) is 2.13. The van der Waals surface area contributed by atoms with Gasteiger partial charge in [-0.2, -0.15) is 0 Å². The molecule has 3 rings (SSSR count). The first-order valence-electron chi connectivity index (χ1n) is 6.39. The average Bonchev–Trinajstić information content (AvgIpc) is 2.97. The Morgan fingerprint density at radius 1 is 1.05 bits per heavy atom. The van der Waals surface area contributed by atoms with Crippen LogP contribution in [0.1, 0.15) is 18.5 Å². The van der Waals surface area contributed by atoms with Crippen LogP contribution in [0.3, 0.4) is 0 Å². The predicted molar refractivity (Wildman–Crippen MR) is 77.9 cm³/mol. The van der Waals surface area contributed by atoms with Gasteiger partial charge in [0.2, 0.25) is 0 Å². The molecule has 1 unspecified atom stereocenters. The van der Waals surface area contributed by atoms with Crippen molar-refractivity contribution in [2.45, 2.75) is 13.0 Å². The van der Waals surface area contributed by atoms with Crippen LogP contribution >= 0.6 is 0 Å². The minimum absolute atomic E-state index is 0.174. The van der Waals surface area contributed by atoms with E-state index >= 15 is 0 Å². The van der Waals surface area contributed by atoms with Crippen molar-refractivity contribution in [3.05, 3.63) is 60.9 Å². The smallest absolute Gasteiger partial charge is 0.123 e. The topological polar surface area (TPSA) is 69.6 Å². The standard InChI is InChI=1S/C15H15N5/c1-11(12-4-6-17-7-5-12)20-10-18-9-14(20)13-2-3-15(16)19-8-13/h2-11H,1H3,(H2,16,19). The Balaban J connectivity index is 2.00. The number of nitrogen functional groups attached to an aromatic ring is 1. The van der Waals surface area contributed by atoms with Gasteiger partial charge in [0.25, 0.3) is 0 Å². The number of pyridine rings is 2. The monoisotopic (exact) mass is 265 g/mol. The Morgan fingerprint density at radius 3 is 2.55 bits per heavy atom. The number of anilines is 1. The van der Waals surface area contributed by atoms with Crippen molar-refractivity contribution in [3.63, 3.8) is 0 Å². The second-order valence-electron chi connectivity index (χ2n) is 4.61. The van der Waals surface area contributed by atoms with Crippen LogP contribution in [-0.2, 0) is 0 Å². The van der Waals surface area contributed by atoms with Crippen LogP contribution in [0.5, 0.6) is 0 Å². The molecule has 0 radical (unpaired) electrons. The second kappa shape index (κ2) is 5.13. The molecule has 5 heteroatoms. The lowest BCUT2D eigenvalue weighted by Crippen LogP contribution is -2.07. The van der Waals surface area contributed by atoms with Gasteiger partial charge in [0.15, 0.2) is 0 Å². The first-order chi connectivity index (χ1) is 9.75. The molecule has 0 fully saturated rings. The number of nitrogens with zero attached hydrogens (tertiary/aromatic N) is 4. The zero-order valence-electron chi connectivity index (χ0n) is 11.1. The maximum atomic E-state index is 5.63. The first kappa shape index (κ1) is 12.3. The summed E-state index contributed by atoms with van der Waals surface area (Å²) in [5.74, 6) is 0.516. The molecule has 0 aliphatic rings. The first-order valence-corrected chi connectivity index (χ1v) is 6.39. The van der Waals surface area contributed by atoms with Crippen molar-refractivity contribution in [2.24, 2.45) is 0 Å².